The van der Waals surface area contributed by atoms with E-state index in [1.807, 2.05) is 36.4 Å². The van der Waals surface area contributed by atoms with Gasteiger partial charge in [0.2, 0.25) is 5.91 Å². The average Bonchev–Trinajstić information content (AvgIpc) is 2.70. The predicted octanol–water partition coefficient (Wildman–Crippen LogP) is 4.09. The molecule has 2 aromatic carbocycles. The molecule has 5 nitrogen and oxygen atoms in total. The molecule has 3 rings (SSSR count). The summed E-state index contributed by atoms with van der Waals surface area (Å²) in [5, 5.41) is 2.92. The highest BCUT2D eigenvalue weighted by Crippen LogP contribution is 2.22. The normalized spacial score (nSPS) is 14.0. The highest BCUT2D eigenvalue weighted by Gasteiger charge is 2.11. The predicted molar refractivity (Wildman–Crippen MR) is 104 cm³/mol. The van der Waals surface area contributed by atoms with E-state index in [4.69, 9.17) is 9.47 Å². The van der Waals surface area contributed by atoms with Gasteiger partial charge < -0.3 is 19.7 Å². The maximum absolute atomic E-state index is 12.1. The lowest BCUT2D eigenvalue weighted by atomic mass is 10.1. The van der Waals surface area contributed by atoms with Crippen molar-refractivity contribution in [3.63, 3.8) is 0 Å². The van der Waals surface area contributed by atoms with Gasteiger partial charge in [0.25, 0.3) is 0 Å². The first-order valence-electron chi connectivity index (χ1n) is 9.16. The second-order valence-corrected chi connectivity index (χ2v) is 6.42. The molecule has 2 aromatic rings. The minimum Gasteiger partial charge on any atom is -0.497 e. The molecule has 1 amide bonds. The molecule has 0 radical (unpaired) electrons. The lowest BCUT2D eigenvalue weighted by molar-refractivity contribution is -0.116. The monoisotopic (exact) mass is 354 g/mol. The molecule has 0 aliphatic carbocycles. The van der Waals surface area contributed by atoms with Gasteiger partial charge in [0.05, 0.1) is 20.1 Å². The number of hydrogen-bond donors (Lipinski definition) is 1. The Morgan fingerprint density at radius 1 is 0.962 bits per heavy atom. The first-order chi connectivity index (χ1) is 12.7. The molecule has 0 spiro atoms. The lowest BCUT2D eigenvalue weighted by Crippen LogP contribution is -2.29. The molecule has 0 unspecified atom stereocenters. The van der Waals surface area contributed by atoms with Gasteiger partial charge in [-0.05, 0) is 67.8 Å². The van der Waals surface area contributed by atoms with E-state index in [1.54, 1.807) is 7.11 Å². The van der Waals surface area contributed by atoms with Crippen LogP contribution in [0.1, 0.15) is 25.7 Å². The zero-order chi connectivity index (χ0) is 18.2. The third kappa shape index (κ3) is 5.15. The van der Waals surface area contributed by atoms with Gasteiger partial charge in [-0.15, -0.1) is 0 Å². The van der Waals surface area contributed by atoms with Crippen LogP contribution in [0.15, 0.2) is 48.5 Å². The number of benzene rings is 2. The van der Waals surface area contributed by atoms with Gasteiger partial charge in [-0.2, -0.15) is 0 Å². The topological polar surface area (TPSA) is 50.8 Å². The zero-order valence-corrected chi connectivity index (χ0v) is 15.2. The number of hydrogen-bond acceptors (Lipinski definition) is 4. The van der Waals surface area contributed by atoms with Crippen molar-refractivity contribution in [3.8, 4) is 11.5 Å². The molecule has 0 saturated carbocycles. The van der Waals surface area contributed by atoms with Crippen molar-refractivity contribution < 1.29 is 14.3 Å². The van der Waals surface area contributed by atoms with Crippen molar-refractivity contribution in [3.05, 3.63) is 48.5 Å². The zero-order valence-electron chi connectivity index (χ0n) is 15.2. The van der Waals surface area contributed by atoms with Crippen molar-refractivity contribution >= 4 is 17.3 Å². The molecule has 1 aliphatic heterocycles. The van der Waals surface area contributed by atoms with E-state index in [9.17, 15) is 4.79 Å². The van der Waals surface area contributed by atoms with E-state index in [2.05, 4.69) is 22.3 Å². The quantitative estimate of drug-likeness (QED) is 0.813. The standard InChI is InChI=1S/C21H26N2O3/c1-25-19-9-11-20(12-10-19)26-16-13-21(24)22-17-5-7-18(8-6-17)23-14-3-2-4-15-23/h5-12H,2-4,13-16H2,1H3,(H,22,24). The van der Waals surface area contributed by atoms with Gasteiger partial charge in [0.1, 0.15) is 11.5 Å². The molecule has 1 N–H and O–H groups in total. The third-order valence-electron chi connectivity index (χ3n) is 4.53. The molecular formula is C21H26N2O3. The third-order valence-corrected chi connectivity index (χ3v) is 4.53. The first kappa shape index (κ1) is 18.1. The molecule has 5 heteroatoms. The summed E-state index contributed by atoms with van der Waals surface area (Å²) in [6.45, 7) is 2.58. The Balaban J connectivity index is 1.42. The summed E-state index contributed by atoms with van der Waals surface area (Å²) in [6, 6.07) is 15.4. The number of amides is 1. The van der Waals surface area contributed by atoms with E-state index in [1.165, 1.54) is 24.9 Å². The second-order valence-electron chi connectivity index (χ2n) is 6.42. The maximum atomic E-state index is 12.1. The highest BCUT2D eigenvalue weighted by atomic mass is 16.5. The number of nitrogens with zero attached hydrogens (tertiary/aromatic N) is 1. The molecule has 138 valence electrons. The Hall–Kier alpha value is -2.69. The number of carbonyl (C=O) groups excluding carboxylic acids is 1. The van der Waals surface area contributed by atoms with Crippen molar-refractivity contribution in [1.82, 2.24) is 0 Å². The van der Waals surface area contributed by atoms with Gasteiger partial charge in [0, 0.05) is 24.5 Å². The van der Waals surface area contributed by atoms with Gasteiger partial charge in [0.15, 0.2) is 0 Å². The van der Waals surface area contributed by atoms with E-state index in [-0.39, 0.29) is 5.91 Å². The summed E-state index contributed by atoms with van der Waals surface area (Å²) >= 11 is 0. The number of rotatable bonds is 7. The smallest absolute Gasteiger partial charge is 0.227 e. The molecule has 0 aromatic heterocycles. The molecule has 26 heavy (non-hydrogen) atoms. The summed E-state index contributed by atoms with van der Waals surface area (Å²) in [7, 11) is 1.62. The van der Waals surface area contributed by atoms with E-state index < -0.39 is 0 Å². The Kier molecular flexibility index (Phi) is 6.36. The summed E-state index contributed by atoms with van der Waals surface area (Å²) in [4.78, 5) is 14.5. The lowest BCUT2D eigenvalue weighted by Gasteiger charge is -2.28. The fraction of sp³-hybridized carbons (Fsp3) is 0.381. The van der Waals surface area contributed by atoms with Crippen LogP contribution in [-0.2, 0) is 4.79 Å². The van der Waals surface area contributed by atoms with Crippen molar-refractivity contribution in [2.45, 2.75) is 25.7 Å². The van der Waals surface area contributed by atoms with Crippen LogP contribution in [0, 0.1) is 0 Å². The molecule has 0 bridgehead atoms. The number of anilines is 2. The van der Waals surface area contributed by atoms with E-state index in [0.717, 1.165) is 30.3 Å². The summed E-state index contributed by atoms with van der Waals surface area (Å²) in [5.74, 6) is 1.46. The van der Waals surface area contributed by atoms with Crippen LogP contribution in [-0.4, -0.2) is 32.7 Å². The Morgan fingerprint density at radius 2 is 1.62 bits per heavy atom. The summed E-state index contributed by atoms with van der Waals surface area (Å²) in [6.07, 6.45) is 4.14. The Morgan fingerprint density at radius 3 is 2.27 bits per heavy atom. The van der Waals surface area contributed by atoms with Gasteiger partial charge in [-0.3, -0.25) is 4.79 Å². The molecule has 1 saturated heterocycles. The van der Waals surface area contributed by atoms with E-state index in [0.29, 0.717) is 13.0 Å². The second kappa shape index (κ2) is 9.13. The Labute approximate surface area is 154 Å². The van der Waals surface area contributed by atoms with Crippen molar-refractivity contribution in [2.24, 2.45) is 0 Å². The molecular weight excluding hydrogens is 328 g/mol. The SMILES string of the molecule is COc1ccc(OCCC(=O)Nc2ccc(N3CCCCC3)cc2)cc1. The molecule has 1 aliphatic rings. The van der Waals surface area contributed by atoms with Gasteiger partial charge in [-0.1, -0.05) is 0 Å². The minimum absolute atomic E-state index is 0.0516. The van der Waals surface area contributed by atoms with Gasteiger partial charge >= 0.3 is 0 Å². The maximum Gasteiger partial charge on any atom is 0.227 e. The average molecular weight is 354 g/mol. The van der Waals surface area contributed by atoms with Crippen LogP contribution in [0.25, 0.3) is 0 Å². The number of nitrogens with one attached hydrogen (secondary N) is 1. The van der Waals surface area contributed by atoms with Crippen LogP contribution in [0.3, 0.4) is 0 Å². The number of carbonyl (C=O) groups is 1. The summed E-state index contributed by atoms with van der Waals surface area (Å²) < 4.78 is 10.7. The first-order valence-corrected chi connectivity index (χ1v) is 9.16. The van der Waals surface area contributed by atoms with E-state index >= 15 is 0 Å². The fourth-order valence-corrected chi connectivity index (χ4v) is 3.06. The molecule has 0 atom stereocenters. The van der Waals surface area contributed by atoms with Gasteiger partial charge in [-0.25, -0.2) is 0 Å². The fourth-order valence-electron chi connectivity index (χ4n) is 3.06. The Bertz CT molecular complexity index is 692. The largest absolute Gasteiger partial charge is 0.497 e. The van der Waals surface area contributed by atoms with Crippen LogP contribution < -0.4 is 19.7 Å². The van der Waals surface area contributed by atoms with Crippen molar-refractivity contribution in [2.75, 3.05) is 37.0 Å². The minimum atomic E-state index is -0.0516. The van der Waals surface area contributed by atoms with Crippen LogP contribution in [0.4, 0.5) is 11.4 Å². The van der Waals surface area contributed by atoms with Crippen LogP contribution in [0.5, 0.6) is 11.5 Å². The molecule has 1 fully saturated rings. The highest BCUT2D eigenvalue weighted by molar-refractivity contribution is 5.90. The number of methoxy groups -OCH3 is 1. The number of ether oxygens (including phenoxy) is 2. The van der Waals surface area contributed by atoms with Crippen molar-refractivity contribution in [1.29, 1.82) is 0 Å². The number of piperidine rings is 1. The van der Waals surface area contributed by atoms with Crippen LogP contribution >= 0.6 is 0 Å². The molecule has 1 heterocycles. The van der Waals surface area contributed by atoms with Crippen LogP contribution in [0.2, 0.25) is 0 Å². The summed E-state index contributed by atoms with van der Waals surface area (Å²) in [5.41, 5.74) is 2.05.